The van der Waals surface area contributed by atoms with Gasteiger partial charge >= 0.3 is 11.5 Å². The fourth-order valence-corrected chi connectivity index (χ4v) is 2.67. The van der Waals surface area contributed by atoms with Gasteiger partial charge in [-0.1, -0.05) is 12.1 Å². The summed E-state index contributed by atoms with van der Waals surface area (Å²) in [5, 5.41) is 0. The average molecular weight is 312 g/mol. The molecule has 0 spiro atoms. The third kappa shape index (κ3) is 2.00. The van der Waals surface area contributed by atoms with Gasteiger partial charge in [0.05, 0.1) is 22.4 Å². The fourth-order valence-electron chi connectivity index (χ4n) is 2.67. The topological polar surface area (TPSA) is 144 Å². The first-order valence-electron chi connectivity index (χ1n) is 6.83. The first-order chi connectivity index (χ1) is 11.0. The molecule has 4 rings (SSSR count). The van der Waals surface area contributed by atoms with Crippen molar-refractivity contribution in [3.8, 4) is 0 Å². The minimum Gasteiger partial charge on any atom is -0.406 e. The SMILES string of the molecule is Nc1c(Cc2ccc3[nH]c(=O)oc3c2N)ccc2[nH]c(=O)oc12. The highest BCUT2D eigenvalue weighted by Crippen LogP contribution is 2.29. The number of hydrogen-bond acceptors (Lipinski definition) is 6. The number of nitrogens with two attached hydrogens (primary N) is 2. The molecule has 8 heteroatoms. The lowest BCUT2D eigenvalue weighted by Crippen LogP contribution is -2.00. The molecule has 2 aromatic carbocycles. The summed E-state index contributed by atoms with van der Waals surface area (Å²) in [5.41, 5.74) is 16.1. The van der Waals surface area contributed by atoms with E-state index in [1.54, 1.807) is 24.3 Å². The van der Waals surface area contributed by atoms with Crippen molar-refractivity contribution < 1.29 is 8.83 Å². The second kappa shape index (κ2) is 4.54. The van der Waals surface area contributed by atoms with Gasteiger partial charge in [-0.05, 0) is 23.3 Å². The summed E-state index contributed by atoms with van der Waals surface area (Å²) in [6.45, 7) is 0. The summed E-state index contributed by atoms with van der Waals surface area (Å²) >= 11 is 0. The molecule has 0 aliphatic rings. The molecule has 0 unspecified atom stereocenters. The monoisotopic (exact) mass is 312 g/mol. The summed E-state index contributed by atoms with van der Waals surface area (Å²) in [4.78, 5) is 27.6. The van der Waals surface area contributed by atoms with Gasteiger partial charge < -0.3 is 20.3 Å². The van der Waals surface area contributed by atoms with Crippen LogP contribution in [0.4, 0.5) is 11.4 Å². The van der Waals surface area contributed by atoms with Crippen molar-refractivity contribution in [3.05, 3.63) is 56.5 Å². The Kier molecular flexibility index (Phi) is 2.61. The molecule has 0 saturated carbocycles. The number of rotatable bonds is 2. The van der Waals surface area contributed by atoms with E-state index >= 15 is 0 Å². The predicted molar refractivity (Wildman–Crippen MR) is 85.3 cm³/mol. The molecule has 0 saturated heterocycles. The molecule has 23 heavy (non-hydrogen) atoms. The van der Waals surface area contributed by atoms with Gasteiger partial charge in [-0.2, -0.15) is 0 Å². The van der Waals surface area contributed by atoms with Gasteiger partial charge in [0, 0.05) is 6.42 Å². The van der Waals surface area contributed by atoms with E-state index in [1.807, 2.05) is 0 Å². The van der Waals surface area contributed by atoms with E-state index in [9.17, 15) is 9.59 Å². The van der Waals surface area contributed by atoms with E-state index in [0.717, 1.165) is 11.1 Å². The molecular weight excluding hydrogens is 300 g/mol. The highest BCUT2D eigenvalue weighted by Gasteiger charge is 2.14. The lowest BCUT2D eigenvalue weighted by molar-refractivity contribution is 0.556. The Morgan fingerprint density at radius 2 is 1.22 bits per heavy atom. The zero-order chi connectivity index (χ0) is 16.1. The minimum absolute atomic E-state index is 0.320. The standard InChI is InChI=1S/C15H12N4O4/c16-10-6(1-3-8-12(10)22-14(20)18-8)5-7-2-4-9-13(11(7)17)23-15(21)19-9/h1-4H,5,16-17H2,(H,18,20)(H,19,21). The van der Waals surface area contributed by atoms with Gasteiger partial charge in [-0.3, -0.25) is 9.97 Å². The summed E-state index contributed by atoms with van der Waals surface area (Å²) in [6.07, 6.45) is 0.410. The van der Waals surface area contributed by atoms with Crippen molar-refractivity contribution in [2.75, 3.05) is 11.5 Å². The van der Waals surface area contributed by atoms with E-state index in [-0.39, 0.29) is 0 Å². The lowest BCUT2D eigenvalue weighted by atomic mass is 10.0. The molecule has 2 aromatic heterocycles. The molecule has 0 aliphatic heterocycles. The maximum Gasteiger partial charge on any atom is 0.417 e. The van der Waals surface area contributed by atoms with Crippen molar-refractivity contribution in [3.63, 3.8) is 0 Å². The predicted octanol–water partition coefficient (Wildman–Crippen LogP) is 1.31. The zero-order valence-electron chi connectivity index (χ0n) is 11.8. The van der Waals surface area contributed by atoms with Gasteiger partial charge in [0.1, 0.15) is 0 Å². The molecule has 116 valence electrons. The average Bonchev–Trinajstić information content (AvgIpc) is 3.07. The van der Waals surface area contributed by atoms with Crippen LogP contribution in [-0.2, 0) is 6.42 Å². The van der Waals surface area contributed by atoms with Crippen LogP contribution in [0.25, 0.3) is 22.2 Å². The smallest absolute Gasteiger partial charge is 0.406 e. The Bertz CT molecular complexity index is 1070. The van der Waals surface area contributed by atoms with Crippen LogP contribution in [0.2, 0.25) is 0 Å². The van der Waals surface area contributed by atoms with Crippen molar-refractivity contribution in [1.82, 2.24) is 9.97 Å². The number of nitrogens with one attached hydrogen (secondary N) is 2. The van der Waals surface area contributed by atoms with Crippen LogP contribution in [0.15, 0.2) is 42.7 Å². The van der Waals surface area contributed by atoms with Crippen molar-refractivity contribution in [2.24, 2.45) is 0 Å². The van der Waals surface area contributed by atoms with Crippen LogP contribution in [-0.4, -0.2) is 9.97 Å². The van der Waals surface area contributed by atoms with E-state index < -0.39 is 11.5 Å². The number of anilines is 2. The quantitative estimate of drug-likeness (QED) is 0.411. The van der Waals surface area contributed by atoms with Gasteiger partial charge in [-0.25, -0.2) is 9.59 Å². The minimum atomic E-state index is -0.557. The summed E-state index contributed by atoms with van der Waals surface area (Å²) in [5.74, 6) is -1.11. The summed E-state index contributed by atoms with van der Waals surface area (Å²) in [6, 6.07) is 7.02. The Labute approximate surface area is 127 Å². The molecule has 0 atom stereocenters. The molecule has 0 radical (unpaired) electrons. The van der Waals surface area contributed by atoms with Crippen LogP contribution in [0, 0.1) is 0 Å². The third-order valence-electron chi connectivity index (χ3n) is 3.82. The highest BCUT2D eigenvalue weighted by molar-refractivity contribution is 5.89. The van der Waals surface area contributed by atoms with Gasteiger partial charge in [0.2, 0.25) is 0 Å². The van der Waals surface area contributed by atoms with Crippen molar-refractivity contribution in [1.29, 1.82) is 0 Å². The van der Waals surface area contributed by atoms with E-state index in [1.165, 1.54) is 0 Å². The molecule has 0 amide bonds. The van der Waals surface area contributed by atoms with E-state index in [0.29, 0.717) is 40.0 Å². The van der Waals surface area contributed by atoms with Crippen molar-refractivity contribution >= 4 is 33.6 Å². The Hall–Kier alpha value is -3.42. The number of H-pyrrole nitrogens is 2. The Morgan fingerprint density at radius 1 is 0.783 bits per heavy atom. The van der Waals surface area contributed by atoms with Gasteiger partial charge in [0.25, 0.3) is 0 Å². The number of hydrogen-bond donors (Lipinski definition) is 4. The van der Waals surface area contributed by atoms with E-state index in [4.69, 9.17) is 20.3 Å². The number of aromatic amines is 2. The molecule has 0 fully saturated rings. The van der Waals surface area contributed by atoms with Crippen LogP contribution >= 0.6 is 0 Å². The van der Waals surface area contributed by atoms with Crippen molar-refractivity contribution in [2.45, 2.75) is 6.42 Å². The summed E-state index contributed by atoms with van der Waals surface area (Å²) < 4.78 is 10.1. The van der Waals surface area contributed by atoms with Crippen LogP contribution < -0.4 is 23.0 Å². The number of nitrogen functional groups attached to an aromatic ring is 2. The Morgan fingerprint density at radius 3 is 1.65 bits per heavy atom. The Balaban J connectivity index is 1.84. The number of aromatic nitrogens is 2. The molecule has 4 aromatic rings. The van der Waals surface area contributed by atoms with E-state index in [2.05, 4.69) is 9.97 Å². The summed E-state index contributed by atoms with van der Waals surface area (Å²) in [7, 11) is 0. The maximum atomic E-state index is 11.3. The maximum absolute atomic E-state index is 11.3. The molecule has 0 bridgehead atoms. The van der Waals surface area contributed by atoms with Crippen LogP contribution in [0.1, 0.15) is 11.1 Å². The molecule has 2 heterocycles. The number of fused-ring (bicyclic) bond motifs is 2. The zero-order valence-corrected chi connectivity index (χ0v) is 11.8. The van der Waals surface area contributed by atoms with Gasteiger partial charge in [0.15, 0.2) is 11.2 Å². The highest BCUT2D eigenvalue weighted by atomic mass is 16.4. The molecule has 8 nitrogen and oxygen atoms in total. The number of oxazole rings is 2. The number of benzene rings is 2. The fraction of sp³-hybridized carbons (Fsp3) is 0.0667. The molecular formula is C15H12N4O4. The lowest BCUT2D eigenvalue weighted by Gasteiger charge is -2.08. The van der Waals surface area contributed by atoms with Crippen LogP contribution in [0.3, 0.4) is 0 Å². The first-order valence-corrected chi connectivity index (χ1v) is 6.83. The van der Waals surface area contributed by atoms with Gasteiger partial charge in [-0.15, -0.1) is 0 Å². The largest absolute Gasteiger partial charge is 0.417 e. The van der Waals surface area contributed by atoms with Crippen LogP contribution in [0.5, 0.6) is 0 Å². The molecule has 0 aliphatic carbocycles. The molecule has 6 N–H and O–H groups in total. The normalized spacial score (nSPS) is 11.5. The second-order valence-corrected chi connectivity index (χ2v) is 5.24. The first kappa shape index (κ1) is 13.3. The second-order valence-electron chi connectivity index (χ2n) is 5.24. The third-order valence-corrected chi connectivity index (χ3v) is 3.82.